The second kappa shape index (κ2) is 5.19. The molecule has 0 aliphatic heterocycles. The molecule has 0 bridgehead atoms. The zero-order valence-electron chi connectivity index (χ0n) is 11.8. The number of hydrogen-bond acceptors (Lipinski definition) is 4. The summed E-state index contributed by atoms with van der Waals surface area (Å²) in [5.74, 6) is 0.897. The molecule has 0 aliphatic carbocycles. The lowest BCUT2D eigenvalue weighted by atomic mass is 10.0. The summed E-state index contributed by atoms with van der Waals surface area (Å²) in [6.45, 7) is 11.2. The van der Waals surface area contributed by atoms with Gasteiger partial charge in [0.05, 0.1) is 11.3 Å². The molecule has 1 aromatic rings. The van der Waals surface area contributed by atoms with Crippen LogP contribution >= 0.6 is 0 Å². The minimum Gasteiger partial charge on any atom is -0.448 e. The Morgan fingerprint density at radius 1 is 1.29 bits per heavy atom. The third-order valence-electron chi connectivity index (χ3n) is 2.65. The Morgan fingerprint density at radius 2 is 1.94 bits per heavy atom. The van der Waals surface area contributed by atoms with Crippen LogP contribution in [0.3, 0.4) is 0 Å². The van der Waals surface area contributed by atoms with Gasteiger partial charge in [-0.2, -0.15) is 0 Å². The van der Waals surface area contributed by atoms with Crippen molar-refractivity contribution in [1.29, 1.82) is 0 Å². The fraction of sp³-hybridized carbons (Fsp3) is 0.769. The topological polar surface area (TPSA) is 47.3 Å². The zero-order valence-corrected chi connectivity index (χ0v) is 11.8. The molecule has 0 amide bonds. The van der Waals surface area contributed by atoms with E-state index in [-0.39, 0.29) is 11.1 Å². The van der Waals surface area contributed by atoms with Crippen LogP contribution in [0.2, 0.25) is 0 Å². The number of hydrogen-bond donors (Lipinski definition) is 1. The normalized spacial score (nSPS) is 13.1. The molecular formula is C13H24N2O2. The van der Waals surface area contributed by atoms with Crippen LogP contribution in [0, 0.1) is 0 Å². The molecule has 0 aromatic carbocycles. The predicted octanol–water partition coefficient (Wildman–Crippen LogP) is 2.53. The monoisotopic (exact) mass is 240 g/mol. The van der Waals surface area contributed by atoms with Crippen molar-refractivity contribution in [2.45, 2.75) is 58.7 Å². The lowest BCUT2D eigenvalue weighted by molar-refractivity contribution is 0.0189. The average Bonchev–Trinajstić information content (AvgIpc) is 2.60. The first kappa shape index (κ1) is 14.2. The Balaban J connectivity index is 2.66. The van der Waals surface area contributed by atoms with Crippen molar-refractivity contribution >= 4 is 0 Å². The molecular weight excluding hydrogens is 216 g/mol. The summed E-state index contributed by atoms with van der Waals surface area (Å²) in [5, 5.41) is 3.41. The van der Waals surface area contributed by atoms with E-state index in [9.17, 15) is 0 Å². The number of nitrogens with one attached hydrogen (secondary N) is 1. The Hall–Kier alpha value is -0.870. The molecule has 4 nitrogen and oxygen atoms in total. The van der Waals surface area contributed by atoms with Gasteiger partial charge in [0, 0.05) is 25.6 Å². The summed E-state index contributed by atoms with van der Waals surface area (Å²) in [6.07, 6.45) is 2.23. The molecule has 0 saturated carbocycles. The van der Waals surface area contributed by atoms with Crippen molar-refractivity contribution in [1.82, 2.24) is 10.3 Å². The third kappa shape index (κ3) is 4.88. The summed E-state index contributed by atoms with van der Waals surface area (Å²) in [6, 6.07) is 0. The van der Waals surface area contributed by atoms with Crippen molar-refractivity contribution in [2.24, 2.45) is 0 Å². The first-order valence-electron chi connectivity index (χ1n) is 5.95. The minimum absolute atomic E-state index is 0.0764. The lowest BCUT2D eigenvalue weighted by Gasteiger charge is -2.23. The van der Waals surface area contributed by atoms with Gasteiger partial charge in [0.25, 0.3) is 0 Å². The SMILES string of the molecule is COC(C)(C)Cc1ocnc1CNC(C)(C)C. The molecule has 4 heteroatoms. The highest BCUT2D eigenvalue weighted by atomic mass is 16.5. The molecule has 1 heterocycles. The standard InChI is InChI=1S/C13H24N2O2/c1-12(2,3)15-8-10-11(17-9-14-10)7-13(4,5)16-6/h9,15H,7-8H2,1-6H3. The molecule has 0 unspecified atom stereocenters. The molecule has 0 spiro atoms. The lowest BCUT2D eigenvalue weighted by Crippen LogP contribution is -2.35. The van der Waals surface area contributed by atoms with E-state index in [2.05, 4.69) is 31.1 Å². The van der Waals surface area contributed by atoms with Gasteiger partial charge in [-0.25, -0.2) is 4.98 Å². The highest BCUT2D eigenvalue weighted by Crippen LogP contribution is 2.19. The largest absolute Gasteiger partial charge is 0.448 e. The third-order valence-corrected chi connectivity index (χ3v) is 2.65. The van der Waals surface area contributed by atoms with Crippen molar-refractivity contribution in [3.8, 4) is 0 Å². The molecule has 98 valence electrons. The molecule has 0 fully saturated rings. The molecule has 0 saturated heterocycles. The quantitative estimate of drug-likeness (QED) is 0.859. The number of rotatable bonds is 5. The number of methoxy groups -OCH3 is 1. The fourth-order valence-electron chi connectivity index (χ4n) is 1.39. The Morgan fingerprint density at radius 3 is 2.47 bits per heavy atom. The molecule has 1 N–H and O–H groups in total. The predicted molar refractivity (Wildman–Crippen MR) is 67.9 cm³/mol. The van der Waals surface area contributed by atoms with Crippen molar-refractivity contribution in [3.05, 3.63) is 17.8 Å². The van der Waals surface area contributed by atoms with Crippen LogP contribution in [0.4, 0.5) is 0 Å². The maximum Gasteiger partial charge on any atom is 0.181 e. The number of nitrogens with zero attached hydrogens (tertiary/aromatic N) is 1. The van der Waals surface area contributed by atoms with Gasteiger partial charge < -0.3 is 14.5 Å². The van der Waals surface area contributed by atoms with E-state index >= 15 is 0 Å². The van der Waals surface area contributed by atoms with Crippen LogP contribution in [0.1, 0.15) is 46.1 Å². The van der Waals surface area contributed by atoms with Crippen LogP contribution in [0.25, 0.3) is 0 Å². The highest BCUT2D eigenvalue weighted by molar-refractivity contribution is 5.10. The van der Waals surface area contributed by atoms with E-state index < -0.39 is 0 Å². The fourth-order valence-corrected chi connectivity index (χ4v) is 1.39. The number of ether oxygens (including phenoxy) is 1. The first-order valence-corrected chi connectivity index (χ1v) is 5.95. The minimum atomic E-state index is -0.226. The van der Waals surface area contributed by atoms with Gasteiger partial charge in [-0.15, -0.1) is 0 Å². The van der Waals surface area contributed by atoms with Crippen LogP contribution < -0.4 is 5.32 Å². The average molecular weight is 240 g/mol. The van der Waals surface area contributed by atoms with E-state index in [0.29, 0.717) is 0 Å². The van der Waals surface area contributed by atoms with Gasteiger partial charge in [-0.05, 0) is 34.6 Å². The van der Waals surface area contributed by atoms with Crippen LogP contribution in [0.5, 0.6) is 0 Å². The molecule has 0 aliphatic rings. The first-order chi connectivity index (χ1) is 7.73. The Kier molecular flexibility index (Phi) is 4.33. The summed E-state index contributed by atoms with van der Waals surface area (Å²) >= 11 is 0. The van der Waals surface area contributed by atoms with Gasteiger partial charge in [0.1, 0.15) is 5.76 Å². The van der Waals surface area contributed by atoms with Crippen LogP contribution in [0.15, 0.2) is 10.8 Å². The highest BCUT2D eigenvalue weighted by Gasteiger charge is 2.22. The van der Waals surface area contributed by atoms with E-state index in [4.69, 9.17) is 9.15 Å². The number of aromatic nitrogens is 1. The molecule has 0 radical (unpaired) electrons. The zero-order chi connectivity index (χ0) is 13.1. The molecule has 1 rings (SSSR count). The molecule has 17 heavy (non-hydrogen) atoms. The van der Waals surface area contributed by atoms with E-state index in [1.165, 1.54) is 6.39 Å². The second-order valence-electron chi connectivity index (χ2n) is 5.97. The molecule has 1 aromatic heterocycles. The van der Waals surface area contributed by atoms with E-state index in [1.54, 1.807) is 7.11 Å². The van der Waals surface area contributed by atoms with Crippen molar-refractivity contribution < 1.29 is 9.15 Å². The summed E-state index contributed by atoms with van der Waals surface area (Å²) < 4.78 is 10.8. The van der Waals surface area contributed by atoms with Gasteiger partial charge in [-0.3, -0.25) is 0 Å². The Bertz CT molecular complexity index is 351. The molecule has 0 atom stereocenters. The summed E-state index contributed by atoms with van der Waals surface area (Å²) in [4.78, 5) is 4.25. The Labute approximate surface area is 104 Å². The smallest absolute Gasteiger partial charge is 0.181 e. The van der Waals surface area contributed by atoms with Crippen LogP contribution in [-0.4, -0.2) is 23.2 Å². The van der Waals surface area contributed by atoms with Crippen LogP contribution in [-0.2, 0) is 17.7 Å². The maximum absolute atomic E-state index is 5.44. The van der Waals surface area contributed by atoms with E-state index in [1.807, 2.05) is 13.8 Å². The van der Waals surface area contributed by atoms with Gasteiger partial charge in [-0.1, -0.05) is 0 Å². The van der Waals surface area contributed by atoms with Crippen molar-refractivity contribution in [2.75, 3.05) is 7.11 Å². The summed E-state index contributed by atoms with van der Waals surface area (Å²) in [7, 11) is 1.71. The van der Waals surface area contributed by atoms with Gasteiger partial charge in [0.2, 0.25) is 0 Å². The van der Waals surface area contributed by atoms with E-state index in [0.717, 1.165) is 24.4 Å². The second-order valence-corrected chi connectivity index (χ2v) is 5.97. The number of oxazole rings is 1. The van der Waals surface area contributed by atoms with Gasteiger partial charge >= 0.3 is 0 Å². The summed E-state index contributed by atoms with van der Waals surface area (Å²) in [5.41, 5.74) is 0.813. The van der Waals surface area contributed by atoms with Crippen molar-refractivity contribution in [3.63, 3.8) is 0 Å². The van der Waals surface area contributed by atoms with Gasteiger partial charge in [0.15, 0.2) is 6.39 Å². The maximum atomic E-state index is 5.44.